The van der Waals surface area contributed by atoms with Crippen LogP contribution in [0.15, 0.2) is 44.6 Å². The van der Waals surface area contributed by atoms with E-state index in [9.17, 15) is 13.2 Å². The Labute approximate surface area is 176 Å². The average Bonchev–Trinajstić information content (AvgIpc) is 2.64. The van der Waals surface area contributed by atoms with E-state index in [2.05, 4.69) is 33.5 Å². The van der Waals surface area contributed by atoms with Gasteiger partial charge in [-0.05, 0) is 61.3 Å². The summed E-state index contributed by atoms with van der Waals surface area (Å²) in [5, 5.41) is 6.62. The Kier molecular flexibility index (Phi) is 7.34. The van der Waals surface area contributed by atoms with E-state index in [1.54, 1.807) is 0 Å². The predicted molar refractivity (Wildman–Crippen MR) is 113 cm³/mol. The number of fused-ring (bicyclic) bond motifs is 2. The van der Waals surface area contributed by atoms with Gasteiger partial charge in [0, 0.05) is 32.9 Å². The van der Waals surface area contributed by atoms with Crippen LogP contribution in [0.25, 0.3) is 0 Å². The number of nitrogens with one attached hydrogen (secondary N) is 2. The smallest absolute Gasteiger partial charge is 0.385 e. The number of rotatable bonds is 8. The second-order valence-corrected chi connectivity index (χ2v) is 8.91. The van der Waals surface area contributed by atoms with Gasteiger partial charge in [0.2, 0.25) is 0 Å². The molecule has 2 N–H and O–H groups in total. The largest absolute Gasteiger partial charge is 0.416 e. The van der Waals surface area contributed by atoms with Crippen molar-refractivity contribution in [2.45, 2.75) is 48.6 Å². The second kappa shape index (κ2) is 9.55. The first-order valence-corrected chi connectivity index (χ1v) is 11.1. The SMILES string of the molecule is CCCCNCCCNc1cc(C(F)(F)F)cc2c1Cc1ccc(Br)cc1S2. The van der Waals surface area contributed by atoms with Crippen molar-refractivity contribution < 1.29 is 13.2 Å². The number of halogens is 4. The molecule has 0 unspecified atom stereocenters. The van der Waals surface area contributed by atoms with E-state index in [0.717, 1.165) is 52.8 Å². The summed E-state index contributed by atoms with van der Waals surface area (Å²) in [5.41, 5.74) is 2.09. The third-order valence-corrected chi connectivity index (χ3v) is 6.38. The molecule has 0 aromatic heterocycles. The summed E-state index contributed by atoms with van der Waals surface area (Å²) >= 11 is 4.86. The highest BCUT2D eigenvalue weighted by Gasteiger charge is 2.33. The van der Waals surface area contributed by atoms with Crippen molar-refractivity contribution in [1.82, 2.24) is 5.32 Å². The summed E-state index contributed by atoms with van der Waals surface area (Å²) in [6.07, 6.45) is -0.560. The third kappa shape index (κ3) is 5.45. The number of benzene rings is 2. The van der Waals surface area contributed by atoms with Crippen molar-refractivity contribution in [3.05, 3.63) is 51.5 Å². The average molecular weight is 473 g/mol. The van der Waals surface area contributed by atoms with Crippen molar-refractivity contribution in [2.75, 3.05) is 25.0 Å². The fraction of sp³-hybridized carbons (Fsp3) is 0.429. The number of alkyl halides is 3. The van der Waals surface area contributed by atoms with E-state index in [1.807, 2.05) is 18.2 Å². The standard InChI is InChI=1S/C21H24BrF3N2S/c1-2-3-7-26-8-4-9-27-18-11-15(21(23,24)25)12-20-17(18)10-14-5-6-16(22)13-19(14)28-20/h5-6,11-13,26-27H,2-4,7-10H2,1H3. The topological polar surface area (TPSA) is 24.1 Å². The molecule has 7 heteroatoms. The van der Waals surface area contributed by atoms with Crippen molar-refractivity contribution in [3.63, 3.8) is 0 Å². The van der Waals surface area contributed by atoms with Crippen LogP contribution in [0.5, 0.6) is 0 Å². The Morgan fingerprint density at radius 2 is 1.82 bits per heavy atom. The van der Waals surface area contributed by atoms with E-state index >= 15 is 0 Å². The molecule has 2 aromatic carbocycles. The fourth-order valence-corrected chi connectivity index (χ4v) is 4.88. The summed E-state index contributed by atoms with van der Waals surface area (Å²) in [6, 6.07) is 8.52. The minimum absolute atomic E-state index is 0.597. The molecule has 0 amide bonds. The predicted octanol–water partition coefficient (Wildman–Crippen LogP) is 6.72. The summed E-state index contributed by atoms with van der Waals surface area (Å²) in [5.74, 6) is 0. The van der Waals surface area contributed by atoms with E-state index in [-0.39, 0.29) is 0 Å². The summed E-state index contributed by atoms with van der Waals surface area (Å²) < 4.78 is 41.1. The van der Waals surface area contributed by atoms with Crippen LogP contribution >= 0.6 is 27.7 Å². The van der Waals surface area contributed by atoms with Gasteiger partial charge < -0.3 is 10.6 Å². The normalized spacial score (nSPS) is 13.2. The third-order valence-electron chi connectivity index (χ3n) is 4.71. The van der Waals surface area contributed by atoms with Crippen LogP contribution in [-0.2, 0) is 12.6 Å². The Morgan fingerprint density at radius 1 is 1.04 bits per heavy atom. The monoisotopic (exact) mass is 472 g/mol. The molecule has 0 saturated heterocycles. The molecule has 28 heavy (non-hydrogen) atoms. The van der Waals surface area contributed by atoms with Crippen molar-refractivity contribution in [2.24, 2.45) is 0 Å². The lowest BCUT2D eigenvalue weighted by molar-refractivity contribution is -0.137. The molecule has 2 nitrogen and oxygen atoms in total. The Hall–Kier alpha value is -1.18. The minimum Gasteiger partial charge on any atom is -0.385 e. The number of hydrogen-bond acceptors (Lipinski definition) is 3. The lowest BCUT2D eigenvalue weighted by Gasteiger charge is -2.24. The molecule has 3 rings (SSSR count). The first-order valence-electron chi connectivity index (χ1n) is 9.53. The van der Waals surface area contributed by atoms with Crippen molar-refractivity contribution in [1.29, 1.82) is 0 Å². The van der Waals surface area contributed by atoms with Gasteiger partial charge in [-0.2, -0.15) is 13.2 Å². The van der Waals surface area contributed by atoms with Crippen molar-refractivity contribution in [3.8, 4) is 0 Å². The molecule has 0 saturated carbocycles. The molecule has 0 atom stereocenters. The van der Waals surface area contributed by atoms with E-state index in [4.69, 9.17) is 0 Å². The molecule has 1 aliphatic heterocycles. The van der Waals surface area contributed by atoms with Crippen LogP contribution in [0.2, 0.25) is 0 Å². The van der Waals surface area contributed by atoms with Gasteiger partial charge >= 0.3 is 6.18 Å². The second-order valence-electron chi connectivity index (χ2n) is 6.91. The molecule has 2 aromatic rings. The maximum atomic E-state index is 13.4. The molecular weight excluding hydrogens is 449 g/mol. The number of anilines is 1. The van der Waals surface area contributed by atoms with E-state index < -0.39 is 11.7 Å². The van der Waals surface area contributed by atoms with Crippen molar-refractivity contribution >= 4 is 33.4 Å². The summed E-state index contributed by atoms with van der Waals surface area (Å²) in [6.45, 7) is 4.64. The zero-order chi connectivity index (χ0) is 20.1. The lowest BCUT2D eigenvalue weighted by Crippen LogP contribution is -2.19. The molecule has 0 spiro atoms. The van der Waals surface area contributed by atoms with Gasteiger partial charge in [0.15, 0.2) is 0 Å². The Balaban J connectivity index is 1.77. The Morgan fingerprint density at radius 3 is 2.57 bits per heavy atom. The van der Waals surface area contributed by atoms with Gasteiger partial charge in [0.05, 0.1) is 5.56 Å². The molecule has 0 aliphatic carbocycles. The number of hydrogen-bond donors (Lipinski definition) is 2. The van der Waals surface area contributed by atoms with Gasteiger partial charge in [0.1, 0.15) is 0 Å². The van der Waals surface area contributed by atoms with Gasteiger partial charge in [-0.15, -0.1) is 0 Å². The Bertz CT molecular complexity index is 824. The van der Waals surface area contributed by atoms with Crippen LogP contribution in [0, 0.1) is 0 Å². The first kappa shape index (κ1) is 21.5. The zero-order valence-corrected chi connectivity index (χ0v) is 18.2. The fourth-order valence-electron chi connectivity index (χ4n) is 3.18. The molecular formula is C21H24BrF3N2S. The molecule has 152 valence electrons. The minimum atomic E-state index is -4.36. The molecule has 0 fully saturated rings. The van der Waals surface area contributed by atoms with E-state index in [1.165, 1.54) is 23.9 Å². The highest BCUT2D eigenvalue weighted by molar-refractivity contribution is 9.10. The molecule has 1 aliphatic rings. The maximum Gasteiger partial charge on any atom is 0.416 e. The van der Waals surface area contributed by atoms with Crippen LogP contribution < -0.4 is 10.6 Å². The van der Waals surface area contributed by atoms with Gasteiger partial charge in [-0.1, -0.05) is 47.1 Å². The zero-order valence-electron chi connectivity index (χ0n) is 15.8. The quantitative estimate of drug-likeness (QED) is 0.356. The van der Waals surface area contributed by atoms with Crippen LogP contribution in [-0.4, -0.2) is 19.6 Å². The molecule has 0 bridgehead atoms. The maximum absolute atomic E-state index is 13.4. The highest BCUT2D eigenvalue weighted by atomic mass is 79.9. The van der Waals surface area contributed by atoms with E-state index in [0.29, 0.717) is 23.5 Å². The summed E-state index contributed by atoms with van der Waals surface area (Å²) in [4.78, 5) is 1.69. The summed E-state index contributed by atoms with van der Waals surface area (Å²) in [7, 11) is 0. The lowest BCUT2D eigenvalue weighted by atomic mass is 10.00. The van der Waals surface area contributed by atoms with Gasteiger partial charge in [0.25, 0.3) is 0 Å². The highest BCUT2D eigenvalue weighted by Crippen LogP contribution is 2.46. The molecule has 1 heterocycles. The van der Waals surface area contributed by atoms with Gasteiger partial charge in [-0.3, -0.25) is 0 Å². The van der Waals surface area contributed by atoms with Crippen LogP contribution in [0.1, 0.15) is 42.9 Å². The number of unbranched alkanes of at least 4 members (excludes halogenated alkanes) is 1. The van der Waals surface area contributed by atoms with Crippen LogP contribution in [0.4, 0.5) is 18.9 Å². The van der Waals surface area contributed by atoms with Gasteiger partial charge in [-0.25, -0.2) is 0 Å². The first-order chi connectivity index (χ1) is 13.4. The molecule has 0 radical (unpaired) electrons. The van der Waals surface area contributed by atoms with Crippen LogP contribution in [0.3, 0.4) is 0 Å².